The summed E-state index contributed by atoms with van der Waals surface area (Å²) in [6.45, 7) is 2.12. The van der Waals surface area contributed by atoms with E-state index in [1.165, 1.54) is 18.2 Å². The molecule has 0 atom stereocenters. The molecule has 0 aliphatic rings. The number of fused-ring (bicyclic) bond motifs is 1. The van der Waals surface area contributed by atoms with Gasteiger partial charge in [-0.25, -0.2) is 8.97 Å². The minimum Gasteiger partial charge on any atom is -1.00 e. The van der Waals surface area contributed by atoms with E-state index in [1.807, 2.05) is 70.7 Å². The number of pyridine rings is 1. The highest BCUT2D eigenvalue weighted by atomic mass is 79.9. The highest BCUT2D eigenvalue weighted by Crippen LogP contribution is 2.22. The van der Waals surface area contributed by atoms with Gasteiger partial charge in [-0.2, -0.15) is 0 Å². The average molecular weight is 452 g/mol. The molecular formula is C22H18BrN3O3. The van der Waals surface area contributed by atoms with Crippen molar-refractivity contribution in [3.05, 3.63) is 100 Å². The summed E-state index contributed by atoms with van der Waals surface area (Å²) in [6.07, 6.45) is 3.92. The van der Waals surface area contributed by atoms with Crippen LogP contribution in [0.5, 0.6) is 0 Å². The van der Waals surface area contributed by atoms with E-state index in [-0.39, 0.29) is 35.0 Å². The molecule has 4 aromatic rings. The smallest absolute Gasteiger partial charge is 0.287 e. The van der Waals surface area contributed by atoms with Gasteiger partial charge in [0.1, 0.15) is 6.20 Å². The van der Waals surface area contributed by atoms with Gasteiger partial charge >= 0.3 is 0 Å². The number of non-ortho nitro benzene ring substituents is 1. The first-order valence-electron chi connectivity index (χ1n) is 8.87. The quantitative estimate of drug-likeness (QED) is 0.196. The van der Waals surface area contributed by atoms with E-state index in [4.69, 9.17) is 0 Å². The Morgan fingerprint density at radius 3 is 2.55 bits per heavy atom. The van der Waals surface area contributed by atoms with Crippen LogP contribution in [-0.4, -0.2) is 15.3 Å². The van der Waals surface area contributed by atoms with Gasteiger partial charge in [-0.3, -0.25) is 14.9 Å². The molecule has 0 saturated heterocycles. The van der Waals surface area contributed by atoms with Crippen LogP contribution in [0.4, 0.5) is 5.69 Å². The molecule has 2 heterocycles. The van der Waals surface area contributed by atoms with E-state index in [9.17, 15) is 14.9 Å². The van der Waals surface area contributed by atoms with Crippen LogP contribution >= 0.6 is 0 Å². The van der Waals surface area contributed by atoms with Crippen LogP contribution in [0.25, 0.3) is 16.9 Å². The van der Waals surface area contributed by atoms with Gasteiger partial charge in [0.05, 0.1) is 11.1 Å². The number of ketones is 1. The van der Waals surface area contributed by atoms with Crippen LogP contribution in [0, 0.1) is 17.0 Å². The fourth-order valence-electron chi connectivity index (χ4n) is 3.26. The Hall–Kier alpha value is -3.32. The first-order valence-corrected chi connectivity index (χ1v) is 8.87. The number of aryl methyl sites for hydroxylation is 1. The van der Waals surface area contributed by atoms with E-state index < -0.39 is 4.92 Å². The molecule has 0 radical (unpaired) electrons. The molecule has 0 N–H and O–H groups in total. The van der Waals surface area contributed by atoms with Gasteiger partial charge in [-0.05, 0) is 13.0 Å². The van der Waals surface area contributed by atoms with Gasteiger partial charge in [0, 0.05) is 29.3 Å². The summed E-state index contributed by atoms with van der Waals surface area (Å²) in [4.78, 5) is 23.4. The zero-order chi connectivity index (χ0) is 19.7. The highest BCUT2D eigenvalue weighted by molar-refractivity contribution is 5.97. The number of aromatic nitrogens is 2. The molecule has 29 heavy (non-hydrogen) atoms. The molecule has 6 nitrogen and oxygen atoms in total. The lowest BCUT2D eigenvalue weighted by Gasteiger charge is -2.04. The number of imidazole rings is 1. The summed E-state index contributed by atoms with van der Waals surface area (Å²) < 4.78 is 3.90. The minimum absolute atomic E-state index is 0. The standard InChI is InChI=1S/C22H18N3O3.BrH/c1-16-8-10-17(11-9-16)20-14-23-12-3-2-7-22(23)24(20)15-21(26)18-5-4-6-19(13-18)25(27)28;/h2-14H,15H2,1H3;1H/q+1;/p-1. The van der Waals surface area contributed by atoms with E-state index >= 15 is 0 Å². The van der Waals surface area contributed by atoms with Crippen molar-refractivity contribution in [3.8, 4) is 11.3 Å². The topological polar surface area (TPSA) is 69.2 Å². The third-order valence-corrected chi connectivity index (χ3v) is 4.72. The molecule has 0 spiro atoms. The SMILES string of the molecule is Cc1ccc(-c2c[n+]3ccccc3n2CC(=O)c2cccc([N+](=O)[O-])c2)cc1.[Br-]. The van der Waals surface area contributed by atoms with Crippen molar-refractivity contribution in [3.63, 3.8) is 0 Å². The maximum absolute atomic E-state index is 12.9. The first kappa shape index (κ1) is 20.4. The lowest BCUT2D eigenvalue weighted by Crippen LogP contribution is -3.00. The lowest BCUT2D eigenvalue weighted by atomic mass is 10.1. The first-order chi connectivity index (χ1) is 13.5. The summed E-state index contributed by atoms with van der Waals surface area (Å²) in [5, 5.41) is 11.0. The van der Waals surface area contributed by atoms with E-state index in [0.29, 0.717) is 5.56 Å². The molecule has 0 saturated carbocycles. The van der Waals surface area contributed by atoms with Gasteiger partial charge < -0.3 is 17.0 Å². The van der Waals surface area contributed by atoms with Crippen LogP contribution < -0.4 is 21.4 Å². The Balaban J connectivity index is 0.00000240. The number of carbonyl (C=O) groups is 1. The van der Waals surface area contributed by atoms with Crippen molar-refractivity contribution < 1.29 is 31.1 Å². The molecule has 0 aliphatic heterocycles. The van der Waals surface area contributed by atoms with Crippen LogP contribution in [0.3, 0.4) is 0 Å². The van der Waals surface area contributed by atoms with Gasteiger partial charge in [-0.15, -0.1) is 0 Å². The summed E-state index contributed by atoms with van der Waals surface area (Å²) in [5.74, 6) is -0.181. The van der Waals surface area contributed by atoms with E-state index in [1.54, 1.807) is 6.07 Å². The maximum atomic E-state index is 12.9. The Morgan fingerprint density at radius 2 is 1.83 bits per heavy atom. The predicted octanol–water partition coefficient (Wildman–Crippen LogP) is 0.997. The number of rotatable bonds is 5. The van der Waals surface area contributed by atoms with Gasteiger partial charge in [0.15, 0.2) is 12.2 Å². The summed E-state index contributed by atoms with van der Waals surface area (Å²) in [6, 6.07) is 19.8. The third kappa shape index (κ3) is 4.09. The Bertz CT molecular complexity index is 1200. The van der Waals surface area contributed by atoms with Crippen LogP contribution in [0.1, 0.15) is 15.9 Å². The number of nitrogens with zero attached hydrogens (tertiary/aromatic N) is 3. The summed E-state index contributed by atoms with van der Waals surface area (Å²) in [5.41, 5.74) is 4.18. The average Bonchev–Trinajstić information content (AvgIpc) is 3.07. The Morgan fingerprint density at radius 1 is 1.07 bits per heavy atom. The fourth-order valence-corrected chi connectivity index (χ4v) is 3.26. The minimum atomic E-state index is -0.491. The maximum Gasteiger partial charge on any atom is 0.287 e. The molecule has 0 amide bonds. The number of halogens is 1. The number of hydrogen-bond donors (Lipinski definition) is 0. The van der Waals surface area contributed by atoms with Crippen molar-refractivity contribution in [2.75, 3.05) is 0 Å². The van der Waals surface area contributed by atoms with Crippen LogP contribution in [-0.2, 0) is 6.54 Å². The van der Waals surface area contributed by atoms with Gasteiger partial charge in [-0.1, -0.05) is 48.0 Å². The zero-order valence-electron chi connectivity index (χ0n) is 15.7. The molecule has 0 fully saturated rings. The van der Waals surface area contributed by atoms with Crippen molar-refractivity contribution in [1.82, 2.24) is 4.57 Å². The van der Waals surface area contributed by atoms with E-state index in [2.05, 4.69) is 0 Å². The van der Waals surface area contributed by atoms with Gasteiger partial charge in [0.25, 0.3) is 11.3 Å². The second-order valence-corrected chi connectivity index (χ2v) is 6.66. The zero-order valence-corrected chi connectivity index (χ0v) is 17.2. The third-order valence-electron chi connectivity index (χ3n) is 4.72. The largest absolute Gasteiger partial charge is 1.00 e. The number of carbonyl (C=O) groups excluding carboxylic acids is 1. The van der Waals surface area contributed by atoms with E-state index in [0.717, 1.165) is 22.5 Å². The fraction of sp³-hybridized carbons (Fsp3) is 0.0909. The predicted molar refractivity (Wildman–Crippen MR) is 105 cm³/mol. The second-order valence-electron chi connectivity index (χ2n) is 6.66. The number of nitro groups is 1. The monoisotopic (exact) mass is 451 g/mol. The molecular weight excluding hydrogens is 434 g/mol. The number of hydrogen-bond acceptors (Lipinski definition) is 3. The normalized spacial score (nSPS) is 10.5. The molecule has 2 aromatic carbocycles. The van der Waals surface area contributed by atoms with Crippen LogP contribution in [0.2, 0.25) is 0 Å². The molecule has 0 aliphatic carbocycles. The molecule has 7 heteroatoms. The molecule has 0 unspecified atom stereocenters. The van der Waals surface area contributed by atoms with Gasteiger partial charge in [0.2, 0.25) is 5.78 Å². The Kier molecular flexibility index (Phi) is 5.89. The summed E-state index contributed by atoms with van der Waals surface area (Å²) in [7, 11) is 0. The molecule has 146 valence electrons. The van der Waals surface area contributed by atoms with Crippen molar-refractivity contribution >= 4 is 17.1 Å². The van der Waals surface area contributed by atoms with Crippen LogP contribution in [0.15, 0.2) is 79.1 Å². The number of Topliss-reactive ketones (excluding diaryl/α,β-unsaturated/α-hetero) is 1. The highest BCUT2D eigenvalue weighted by Gasteiger charge is 2.22. The molecule has 2 aromatic heterocycles. The summed E-state index contributed by atoms with van der Waals surface area (Å²) >= 11 is 0. The van der Waals surface area contributed by atoms with Crippen molar-refractivity contribution in [2.24, 2.45) is 0 Å². The lowest BCUT2D eigenvalue weighted by molar-refractivity contribution is -0.510. The molecule has 4 rings (SSSR count). The second kappa shape index (κ2) is 8.36. The van der Waals surface area contributed by atoms with Crippen molar-refractivity contribution in [1.29, 1.82) is 0 Å². The number of benzene rings is 2. The number of nitro benzene ring substituents is 1. The molecule has 0 bridgehead atoms. The van der Waals surface area contributed by atoms with Crippen molar-refractivity contribution in [2.45, 2.75) is 13.5 Å². The Labute approximate surface area is 178 Å².